The number of nitrogens with zero attached hydrogens (tertiary/aromatic N) is 3. The zero-order valence-corrected chi connectivity index (χ0v) is 17.3. The molecule has 0 radical (unpaired) electrons. The summed E-state index contributed by atoms with van der Waals surface area (Å²) in [5.74, 6) is 1.78. The van der Waals surface area contributed by atoms with Crippen LogP contribution in [-0.4, -0.2) is 27.3 Å². The Kier molecular flexibility index (Phi) is 4.78. The first kappa shape index (κ1) is 19.1. The van der Waals surface area contributed by atoms with E-state index in [9.17, 15) is 4.79 Å². The lowest BCUT2D eigenvalue weighted by Gasteiger charge is -2.10. The molecule has 7 nitrogen and oxygen atoms in total. The Morgan fingerprint density at radius 3 is 2.84 bits per heavy atom. The third kappa shape index (κ3) is 3.70. The number of aromatic nitrogens is 3. The topological polar surface area (TPSA) is 77.8 Å². The Balaban J connectivity index is 1.51. The van der Waals surface area contributed by atoms with Crippen molar-refractivity contribution in [3.63, 3.8) is 0 Å². The van der Waals surface area contributed by atoms with E-state index in [-0.39, 0.29) is 12.7 Å². The van der Waals surface area contributed by atoms with Crippen molar-refractivity contribution in [1.82, 2.24) is 14.6 Å². The number of anilines is 1. The van der Waals surface area contributed by atoms with Crippen molar-refractivity contribution in [1.29, 1.82) is 0 Å². The van der Waals surface area contributed by atoms with Crippen LogP contribution in [0.1, 0.15) is 20.3 Å². The molecule has 0 aliphatic carbocycles. The maximum absolute atomic E-state index is 12.2. The quantitative estimate of drug-likeness (QED) is 0.509. The van der Waals surface area contributed by atoms with E-state index in [0.717, 1.165) is 45.2 Å². The molecule has 0 saturated carbocycles. The highest BCUT2D eigenvalue weighted by Gasteiger charge is 2.17. The Morgan fingerprint density at radius 1 is 1.10 bits per heavy atom. The van der Waals surface area contributed by atoms with Crippen LogP contribution in [0.15, 0.2) is 60.9 Å². The van der Waals surface area contributed by atoms with Crippen LogP contribution in [0, 0.1) is 5.92 Å². The number of rotatable bonds is 5. The highest BCUT2D eigenvalue weighted by molar-refractivity contribution is 5.91. The molecule has 0 atom stereocenters. The average Bonchev–Trinajstić information content (AvgIpc) is 3.39. The number of nitrogens with one attached hydrogen (secondary N) is 1. The SMILES string of the molecule is CC(C)CC(=O)Nc1cccc(-c2ccnc3c(-c4ccc5c(c4)OCO5)cnn23)c1. The second-order valence-corrected chi connectivity index (χ2v) is 7.92. The molecule has 4 aromatic rings. The van der Waals surface area contributed by atoms with Gasteiger partial charge in [0.05, 0.1) is 11.9 Å². The zero-order chi connectivity index (χ0) is 21.4. The summed E-state index contributed by atoms with van der Waals surface area (Å²) in [5, 5.41) is 7.57. The molecule has 0 unspecified atom stereocenters. The van der Waals surface area contributed by atoms with E-state index in [1.807, 2.05) is 66.9 Å². The van der Waals surface area contributed by atoms with E-state index in [1.165, 1.54) is 0 Å². The third-order valence-corrected chi connectivity index (χ3v) is 5.12. The summed E-state index contributed by atoms with van der Waals surface area (Å²) >= 11 is 0. The van der Waals surface area contributed by atoms with Crippen molar-refractivity contribution in [2.24, 2.45) is 5.92 Å². The Labute approximate surface area is 179 Å². The molecule has 1 N–H and O–H groups in total. The van der Waals surface area contributed by atoms with Gasteiger partial charge in [-0.2, -0.15) is 5.10 Å². The largest absolute Gasteiger partial charge is 0.454 e. The minimum atomic E-state index is 0.0104. The second kappa shape index (κ2) is 7.75. The van der Waals surface area contributed by atoms with Crippen molar-refractivity contribution in [2.45, 2.75) is 20.3 Å². The molecule has 0 fully saturated rings. The minimum absolute atomic E-state index is 0.0104. The van der Waals surface area contributed by atoms with Gasteiger partial charge < -0.3 is 14.8 Å². The molecule has 7 heteroatoms. The molecule has 156 valence electrons. The number of hydrogen-bond acceptors (Lipinski definition) is 5. The molecule has 0 saturated heterocycles. The Morgan fingerprint density at radius 2 is 1.97 bits per heavy atom. The lowest BCUT2D eigenvalue weighted by molar-refractivity contribution is -0.116. The number of carbonyl (C=O) groups is 1. The maximum Gasteiger partial charge on any atom is 0.231 e. The molecule has 1 amide bonds. The van der Waals surface area contributed by atoms with Gasteiger partial charge in [-0.3, -0.25) is 4.79 Å². The fraction of sp³-hybridized carbons (Fsp3) is 0.208. The first-order valence-electron chi connectivity index (χ1n) is 10.2. The number of benzene rings is 2. The van der Waals surface area contributed by atoms with Crippen LogP contribution >= 0.6 is 0 Å². The third-order valence-electron chi connectivity index (χ3n) is 5.12. The first-order valence-corrected chi connectivity index (χ1v) is 10.2. The van der Waals surface area contributed by atoms with Crippen LogP contribution in [0.3, 0.4) is 0 Å². The van der Waals surface area contributed by atoms with E-state index in [4.69, 9.17) is 9.47 Å². The van der Waals surface area contributed by atoms with Crippen molar-refractivity contribution < 1.29 is 14.3 Å². The molecule has 3 heterocycles. The summed E-state index contributed by atoms with van der Waals surface area (Å²) in [6, 6.07) is 15.5. The van der Waals surface area contributed by atoms with Gasteiger partial charge in [0.1, 0.15) is 0 Å². The van der Waals surface area contributed by atoms with Crippen LogP contribution in [0.25, 0.3) is 28.0 Å². The molecule has 31 heavy (non-hydrogen) atoms. The standard InChI is InChI=1S/C24H22N4O3/c1-15(2)10-23(29)27-18-5-3-4-17(11-18)20-8-9-25-24-19(13-26-28(20)24)16-6-7-21-22(12-16)31-14-30-21/h3-9,11-13,15H,10,14H2,1-2H3,(H,27,29). The number of amides is 1. The molecular weight excluding hydrogens is 392 g/mol. The van der Waals surface area contributed by atoms with E-state index in [2.05, 4.69) is 15.4 Å². The fourth-order valence-electron chi connectivity index (χ4n) is 3.72. The normalized spacial score (nSPS) is 12.5. The summed E-state index contributed by atoms with van der Waals surface area (Å²) < 4.78 is 12.7. The maximum atomic E-state index is 12.2. The zero-order valence-electron chi connectivity index (χ0n) is 17.3. The number of ether oxygens (including phenoxy) is 2. The average molecular weight is 414 g/mol. The highest BCUT2D eigenvalue weighted by atomic mass is 16.7. The summed E-state index contributed by atoms with van der Waals surface area (Å²) in [6.07, 6.45) is 4.06. The van der Waals surface area contributed by atoms with Gasteiger partial charge in [-0.25, -0.2) is 9.50 Å². The van der Waals surface area contributed by atoms with Gasteiger partial charge >= 0.3 is 0 Å². The highest BCUT2D eigenvalue weighted by Crippen LogP contribution is 2.37. The Hall–Kier alpha value is -3.87. The lowest BCUT2D eigenvalue weighted by Crippen LogP contribution is -2.13. The number of hydrogen-bond donors (Lipinski definition) is 1. The van der Waals surface area contributed by atoms with Gasteiger partial charge in [-0.05, 0) is 41.8 Å². The molecule has 1 aliphatic heterocycles. The van der Waals surface area contributed by atoms with Crippen molar-refractivity contribution in [3.8, 4) is 33.9 Å². The van der Waals surface area contributed by atoms with Crippen LogP contribution < -0.4 is 14.8 Å². The van der Waals surface area contributed by atoms with Gasteiger partial charge in [0, 0.05) is 29.4 Å². The molecular formula is C24H22N4O3. The molecule has 2 aromatic heterocycles. The predicted octanol–water partition coefficient (Wildman–Crippen LogP) is 4.78. The second-order valence-electron chi connectivity index (χ2n) is 7.92. The van der Waals surface area contributed by atoms with Crippen molar-refractivity contribution in [2.75, 3.05) is 12.1 Å². The molecule has 5 rings (SSSR count). The van der Waals surface area contributed by atoms with E-state index in [0.29, 0.717) is 12.3 Å². The molecule has 0 bridgehead atoms. The van der Waals surface area contributed by atoms with E-state index in [1.54, 1.807) is 12.4 Å². The number of carbonyl (C=O) groups excluding carboxylic acids is 1. The summed E-state index contributed by atoms with van der Waals surface area (Å²) in [6.45, 7) is 4.29. The predicted molar refractivity (Wildman–Crippen MR) is 118 cm³/mol. The van der Waals surface area contributed by atoms with Gasteiger partial charge in [0.2, 0.25) is 12.7 Å². The van der Waals surface area contributed by atoms with E-state index < -0.39 is 0 Å². The molecule has 0 spiro atoms. The summed E-state index contributed by atoms with van der Waals surface area (Å²) in [7, 11) is 0. The molecule has 2 aromatic carbocycles. The molecule has 1 aliphatic rings. The van der Waals surface area contributed by atoms with Gasteiger partial charge in [-0.1, -0.05) is 32.0 Å². The monoisotopic (exact) mass is 414 g/mol. The van der Waals surface area contributed by atoms with Crippen LogP contribution in [0.4, 0.5) is 5.69 Å². The summed E-state index contributed by atoms with van der Waals surface area (Å²) in [5.41, 5.74) is 5.19. The van der Waals surface area contributed by atoms with Crippen LogP contribution in [-0.2, 0) is 4.79 Å². The van der Waals surface area contributed by atoms with Crippen molar-refractivity contribution in [3.05, 3.63) is 60.9 Å². The van der Waals surface area contributed by atoms with Crippen molar-refractivity contribution >= 4 is 17.2 Å². The lowest BCUT2D eigenvalue weighted by atomic mass is 10.1. The van der Waals surface area contributed by atoms with Gasteiger partial charge in [-0.15, -0.1) is 0 Å². The first-order chi connectivity index (χ1) is 15.1. The van der Waals surface area contributed by atoms with Gasteiger partial charge in [0.25, 0.3) is 0 Å². The van der Waals surface area contributed by atoms with E-state index >= 15 is 0 Å². The fourth-order valence-corrected chi connectivity index (χ4v) is 3.72. The van der Waals surface area contributed by atoms with Crippen LogP contribution in [0.5, 0.6) is 11.5 Å². The van der Waals surface area contributed by atoms with Gasteiger partial charge in [0.15, 0.2) is 17.1 Å². The number of fused-ring (bicyclic) bond motifs is 2. The smallest absolute Gasteiger partial charge is 0.231 e. The Bertz CT molecular complexity index is 1280. The summed E-state index contributed by atoms with van der Waals surface area (Å²) in [4.78, 5) is 16.7. The minimum Gasteiger partial charge on any atom is -0.454 e. The van der Waals surface area contributed by atoms with Crippen LogP contribution in [0.2, 0.25) is 0 Å².